The largest absolute Gasteiger partial charge is 0.491 e. The van der Waals surface area contributed by atoms with Crippen molar-refractivity contribution >= 4 is 29.9 Å². The summed E-state index contributed by atoms with van der Waals surface area (Å²) < 4.78 is 16.9. The molecule has 158 valence electrons. The van der Waals surface area contributed by atoms with E-state index in [2.05, 4.69) is 54.6 Å². The number of methoxy groups -OCH3 is 1. The average molecular weight is 503 g/mol. The zero-order chi connectivity index (χ0) is 19.4. The Morgan fingerprint density at radius 1 is 1.32 bits per heavy atom. The molecule has 1 aromatic carbocycles. The summed E-state index contributed by atoms with van der Waals surface area (Å²) in [5.74, 6) is 2.29. The van der Waals surface area contributed by atoms with Crippen LogP contribution in [0.1, 0.15) is 31.4 Å². The molecule has 3 unspecified atom stereocenters. The normalized spacial score (nSPS) is 25.3. The maximum Gasteiger partial charge on any atom is 0.191 e. The van der Waals surface area contributed by atoms with E-state index in [1.54, 1.807) is 7.11 Å². The fraction of sp³-hybridized carbons (Fsp3) is 0.667. The van der Waals surface area contributed by atoms with Crippen LogP contribution in [0.3, 0.4) is 0 Å². The summed E-state index contributed by atoms with van der Waals surface area (Å²) in [6, 6.07) is 6.66. The second kappa shape index (κ2) is 10.1. The smallest absolute Gasteiger partial charge is 0.191 e. The van der Waals surface area contributed by atoms with E-state index in [0.29, 0.717) is 37.8 Å². The van der Waals surface area contributed by atoms with E-state index in [-0.39, 0.29) is 29.4 Å². The number of nitrogens with zero attached hydrogens (tertiary/aromatic N) is 1. The van der Waals surface area contributed by atoms with Crippen molar-refractivity contribution in [1.29, 1.82) is 0 Å². The minimum Gasteiger partial charge on any atom is -0.491 e. The molecular weight excluding hydrogens is 469 g/mol. The Kier molecular flexibility index (Phi) is 8.39. The summed E-state index contributed by atoms with van der Waals surface area (Å²) in [5, 5.41) is 7.06. The fourth-order valence-corrected chi connectivity index (χ4v) is 4.32. The molecule has 2 fully saturated rings. The number of fused-ring (bicyclic) bond motifs is 1. The molecule has 6 nitrogen and oxygen atoms in total. The highest BCUT2D eigenvalue weighted by Gasteiger charge is 2.59. The molecular formula is C21H34IN3O3. The first kappa shape index (κ1) is 23.2. The third-order valence-corrected chi connectivity index (χ3v) is 5.83. The standard InChI is InChI=1S/C21H33N3O3.HI/c1-14-6-7-15(17(12-14)26-11-10-25-5)13-23-20(22-4)24-18-16-8-9-27-19(16)21(18,2)3;/h6-7,12,16,18-19H,8-11,13H2,1-5H3,(H2,22,23,24);1H. The maximum atomic E-state index is 5.89. The van der Waals surface area contributed by atoms with Crippen LogP contribution in [0.15, 0.2) is 23.2 Å². The molecule has 2 N–H and O–H groups in total. The minimum atomic E-state index is 0. The van der Waals surface area contributed by atoms with Crippen LogP contribution < -0.4 is 15.4 Å². The van der Waals surface area contributed by atoms with Crippen molar-refractivity contribution in [1.82, 2.24) is 10.6 Å². The number of aryl methyl sites for hydroxylation is 1. The molecule has 0 aromatic heterocycles. The van der Waals surface area contributed by atoms with Crippen LogP contribution in [0.25, 0.3) is 0 Å². The molecule has 1 saturated heterocycles. The number of halogens is 1. The first-order valence-electron chi connectivity index (χ1n) is 9.77. The van der Waals surface area contributed by atoms with Gasteiger partial charge in [-0.25, -0.2) is 0 Å². The first-order chi connectivity index (χ1) is 13.0. The van der Waals surface area contributed by atoms with E-state index in [9.17, 15) is 0 Å². The third kappa shape index (κ3) is 4.91. The summed E-state index contributed by atoms with van der Waals surface area (Å²) in [6.45, 7) is 9.25. The van der Waals surface area contributed by atoms with Crippen LogP contribution in [0, 0.1) is 18.3 Å². The number of rotatable bonds is 7. The van der Waals surface area contributed by atoms with E-state index < -0.39 is 0 Å². The summed E-state index contributed by atoms with van der Waals surface area (Å²) in [5.41, 5.74) is 2.41. The van der Waals surface area contributed by atoms with Crippen molar-refractivity contribution in [3.05, 3.63) is 29.3 Å². The van der Waals surface area contributed by atoms with Crippen LogP contribution in [-0.4, -0.2) is 52.1 Å². The summed E-state index contributed by atoms with van der Waals surface area (Å²) in [6.07, 6.45) is 1.49. The predicted molar refractivity (Wildman–Crippen MR) is 123 cm³/mol. The third-order valence-electron chi connectivity index (χ3n) is 5.83. The molecule has 0 spiro atoms. The summed E-state index contributed by atoms with van der Waals surface area (Å²) in [7, 11) is 3.49. The number of benzene rings is 1. The lowest BCUT2D eigenvalue weighted by atomic mass is 9.57. The molecule has 1 aliphatic carbocycles. The Labute approximate surface area is 185 Å². The summed E-state index contributed by atoms with van der Waals surface area (Å²) in [4.78, 5) is 4.42. The molecule has 1 saturated carbocycles. The van der Waals surface area contributed by atoms with Gasteiger partial charge in [0.1, 0.15) is 12.4 Å². The second-order valence-corrected chi connectivity index (χ2v) is 8.07. The summed E-state index contributed by atoms with van der Waals surface area (Å²) >= 11 is 0. The van der Waals surface area contributed by atoms with Crippen molar-refractivity contribution in [3.63, 3.8) is 0 Å². The van der Waals surface area contributed by atoms with Crippen molar-refractivity contribution < 1.29 is 14.2 Å². The molecule has 1 heterocycles. The highest BCUT2D eigenvalue weighted by atomic mass is 127. The van der Waals surface area contributed by atoms with Crippen molar-refractivity contribution in [2.45, 2.75) is 45.9 Å². The number of nitrogens with one attached hydrogen (secondary N) is 2. The van der Waals surface area contributed by atoms with Gasteiger partial charge in [0.05, 0.1) is 12.7 Å². The molecule has 3 atom stereocenters. The SMILES string of the molecule is CN=C(NCc1ccc(C)cc1OCCOC)NC1C2CCOC2C1(C)C.I. The fourth-order valence-electron chi connectivity index (χ4n) is 4.32. The van der Waals surface area contributed by atoms with Crippen molar-refractivity contribution in [2.24, 2.45) is 16.3 Å². The highest BCUT2D eigenvalue weighted by molar-refractivity contribution is 14.0. The zero-order valence-corrected chi connectivity index (χ0v) is 19.9. The lowest BCUT2D eigenvalue weighted by Gasteiger charge is -2.54. The van der Waals surface area contributed by atoms with Gasteiger partial charge in [0.2, 0.25) is 0 Å². The molecule has 28 heavy (non-hydrogen) atoms. The number of guanidine groups is 1. The van der Waals surface area contributed by atoms with Gasteiger partial charge in [-0.3, -0.25) is 4.99 Å². The van der Waals surface area contributed by atoms with Gasteiger partial charge in [0.25, 0.3) is 0 Å². The van der Waals surface area contributed by atoms with E-state index in [0.717, 1.165) is 30.3 Å². The van der Waals surface area contributed by atoms with Crippen molar-refractivity contribution in [3.8, 4) is 5.75 Å². The minimum absolute atomic E-state index is 0. The Hall–Kier alpha value is -1.06. The number of hydrogen-bond donors (Lipinski definition) is 2. The molecule has 0 bridgehead atoms. The van der Waals surface area contributed by atoms with E-state index in [1.807, 2.05) is 7.05 Å². The molecule has 1 aromatic rings. The molecule has 2 aliphatic rings. The van der Waals surface area contributed by atoms with Crippen LogP contribution in [-0.2, 0) is 16.0 Å². The van der Waals surface area contributed by atoms with Gasteiger partial charge in [-0.1, -0.05) is 26.0 Å². The highest BCUT2D eigenvalue weighted by Crippen LogP contribution is 2.52. The number of hydrogen-bond acceptors (Lipinski definition) is 4. The lowest BCUT2D eigenvalue weighted by Crippen LogP contribution is -2.67. The average Bonchev–Trinajstić information content (AvgIpc) is 3.10. The van der Waals surface area contributed by atoms with E-state index in [4.69, 9.17) is 14.2 Å². The van der Waals surface area contributed by atoms with E-state index >= 15 is 0 Å². The second-order valence-electron chi connectivity index (χ2n) is 8.07. The van der Waals surface area contributed by atoms with Gasteiger partial charge in [0, 0.05) is 50.2 Å². The Morgan fingerprint density at radius 2 is 2.11 bits per heavy atom. The van der Waals surface area contributed by atoms with Crippen molar-refractivity contribution in [2.75, 3.05) is 34.0 Å². The molecule has 7 heteroatoms. The van der Waals surface area contributed by atoms with Gasteiger partial charge >= 0.3 is 0 Å². The van der Waals surface area contributed by atoms with Crippen LogP contribution >= 0.6 is 24.0 Å². The monoisotopic (exact) mass is 503 g/mol. The van der Waals surface area contributed by atoms with Crippen LogP contribution in [0.2, 0.25) is 0 Å². The van der Waals surface area contributed by atoms with Gasteiger partial charge in [-0.15, -0.1) is 24.0 Å². The zero-order valence-electron chi connectivity index (χ0n) is 17.6. The molecule has 1 aliphatic heterocycles. The maximum absolute atomic E-state index is 5.89. The molecule has 3 rings (SSSR count). The van der Waals surface area contributed by atoms with Crippen LogP contribution in [0.5, 0.6) is 5.75 Å². The van der Waals surface area contributed by atoms with Gasteiger partial charge < -0.3 is 24.8 Å². The van der Waals surface area contributed by atoms with Gasteiger partial charge in [-0.05, 0) is 25.0 Å². The topological polar surface area (TPSA) is 64.1 Å². The lowest BCUT2D eigenvalue weighted by molar-refractivity contribution is -0.106. The number of aliphatic imine (C=N–C) groups is 1. The number of ether oxygens (including phenoxy) is 3. The molecule has 0 radical (unpaired) electrons. The van der Waals surface area contributed by atoms with Gasteiger partial charge in [-0.2, -0.15) is 0 Å². The Bertz CT molecular complexity index is 681. The quantitative estimate of drug-likeness (QED) is 0.259. The van der Waals surface area contributed by atoms with Crippen LogP contribution in [0.4, 0.5) is 0 Å². The molecule has 0 amide bonds. The first-order valence-corrected chi connectivity index (χ1v) is 9.77. The van der Waals surface area contributed by atoms with Gasteiger partial charge in [0.15, 0.2) is 5.96 Å². The predicted octanol–water partition coefficient (Wildman–Crippen LogP) is 3.12. The Morgan fingerprint density at radius 3 is 2.82 bits per heavy atom. The Balaban J connectivity index is 0.00000280. The van der Waals surface area contributed by atoms with E-state index in [1.165, 1.54) is 5.56 Å².